The number of nitrogens with one attached hydrogen (secondary N) is 1. The Morgan fingerprint density at radius 2 is 1.74 bits per heavy atom. The molecule has 0 aliphatic heterocycles. The second-order valence-corrected chi connectivity index (χ2v) is 5.62. The number of amides is 1. The molecule has 1 unspecified atom stereocenters. The number of hydrogen-bond donors (Lipinski definition) is 1. The predicted molar refractivity (Wildman–Crippen MR) is 83.0 cm³/mol. The van der Waals surface area contributed by atoms with Crippen LogP contribution in [0.15, 0.2) is 0 Å². The quantitative estimate of drug-likeness (QED) is 0.436. The Kier molecular flexibility index (Phi) is 11.7. The van der Waals surface area contributed by atoms with E-state index in [1.807, 2.05) is 0 Å². The van der Waals surface area contributed by atoms with Crippen molar-refractivity contribution in [3.8, 4) is 0 Å². The highest BCUT2D eigenvalue weighted by atomic mass is 16.1. The van der Waals surface area contributed by atoms with Crippen LogP contribution in [0, 0.1) is 5.92 Å². The molecule has 0 aromatic carbocycles. The van der Waals surface area contributed by atoms with Gasteiger partial charge in [0.2, 0.25) is 5.91 Å². The average Bonchev–Trinajstić information content (AvgIpc) is 2.36. The fourth-order valence-corrected chi connectivity index (χ4v) is 1.99. The Morgan fingerprint density at radius 3 is 2.37 bits per heavy atom. The molecule has 0 aromatic rings. The van der Waals surface area contributed by atoms with Gasteiger partial charge in [-0.25, -0.2) is 0 Å². The maximum atomic E-state index is 11.4. The third-order valence-electron chi connectivity index (χ3n) is 3.58. The lowest BCUT2D eigenvalue weighted by molar-refractivity contribution is -0.121. The van der Waals surface area contributed by atoms with E-state index in [4.69, 9.17) is 0 Å². The van der Waals surface area contributed by atoms with Crippen molar-refractivity contribution in [3.63, 3.8) is 0 Å². The minimum Gasteiger partial charge on any atom is -0.356 e. The van der Waals surface area contributed by atoms with Gasteiger partial charge in [-0.2, -0.15) is 0 Å². The maximum Gasteiger partial charge on any atom is 0.220 e. The highest BCUT2D eigenvalue weighted by molar-refractivity contribution is 6.57. The summed E-state index contributed by atoms with van der Waals surface area (Å²) in [5.41, 5.74) is 0.161. The Bertz CT molecular complexity index is 257. The third-order valence-corrected chi connectivity index (χ3v) is 3.58. The highest BCUT2D eigenvalue weighted by Crippen LogP contribution is 2.12. The van der Waals surface area contributed by atoms with Crippen LogP contribution in [0.25, 0.3) is 0 Å². The molecule has 1 N–H and O–H groups in total. The Balaban J connectivity index is 3.25. The van der Waals surface area contributed by atoms with Crippen LogP contribution in [-0.4, -0.2) is 26.0 Å². The minimum absolute atomic E-state index is 0.0841. The molecule has 3 nitrogen and oxygen atoms in total. The summed E-state index contributed by atoms with van der Waals surface area (Å²) >= 11 is 0. The van der Waals surface area contributed by atoms with E-state index in [0.29, 0.717) is 19.3 Å². The fourth-order valence-electron chi connectivity index (χ4n) is 1.99. The molecule has 1 amide bonds. The average molecular weight is 267 g/mol. The molecular formula is C15H30BNO2. The lowest BCUT2D eigenvalue weighted by atomic mass is 9.97. The molecule has 0 fully saturated rings. The molecule has 0 saturated carbocycles. The van der Waals surface area contributed by atoms with Crippen molar-refractivity contribution in [2.24, 2.45) is 5.92 Å². The molecule has 1 atom stereocenters. The molecule has 0 spiro atoms. The first-order valence-electron chi connectivity index (χ1n) is 7.82. The summed E-state index contributed by atoms with van der Waals surface area (Å²) in [7, 11) is 1.57. The summed E-state index contributed by atoms with van der Waals surface area (Å²) in [5.74, 6) is 0.932. The van der Waals surface area contributed by atoms with Gasteiger partial charge in [0.1, 0.15) is 0 Å². The van der Waals surface area contributed by atoms with Crippen molar-refractivity contribution >= 4 is 19.4 Å². The molecule has 110 valence electrons. The van der Waals surface area contributed by atoms with Crippen molar-refractivity contribution in [2.45, 2.75) is 71.6 Å². The van der Waals surface area contributed by atoms with Gasteiger partial charge in [0, 0.05) is 13.0 Å². The van der Waals surface area contributed by atoms with E-state index in [2.05, 4.69) is 19.2 Å². The fraction of sp³-hybridized carbons (Fsp3) is 0.867. The third kappa shape index (κ3) is 13.4. The van der Waals surface area contributed by atoms with Crippen LogP contribution in [0.1, 0.15) is 71.6 Å². The zero-order chi connectivity index (χ0) is 14.5. The molecule has 0 rings (SSSR count). The van der Waals surface area contributed by atoms with Crippen LogP contribution in [0.2, 0.25) is 0 Å². The lowest BCUT2D eigenvalue weighted by Gasteiger charge is -2.08. The first-order chi connectivity index (χ1) is 9.06. The molecule has 0 aliphatic carbocycles. The SMILES string of the molecule is BC(=O)CCCC(=O)NCCCCCCC(C)CC. The van der Waals surface area contributed by atoms with Crippen LogP contribution in [0.5, 0.6) is 0 Å². The van der Waals surface area contributed by atoms with Gasteiger partial charge >= 0.3 is 0 Å². The molecule has 4 heteroatoms. The van der Waals surface area contributed by atoms with Crippen LogP contribution >= 0.6 is 0 Å². The Hall–Kier alpha value is -0.795. The second kappa shape index (κ2) is 12.2. The summed E-state index contributed by atoms with van der Waals surface area (Å²) < 4.78 is 0. The van der Waals surface area contributed by atoms with Gasteiger partial charge in [-0.1, -0.05) is 46.0 Å². The summed E-state index contributed by atoms with van der Waals surface area (Å²) in [4.78, 5) is 22.1. The molecule has 0 bridgehead atoms. The maximum absolute atomic E-state index is 11.4. The van der Waals surface area contributed by atoms with E-state index in [1.165, 1.54) is 32.1 Å². The van der Waals surface area contributed by atoms with Crippen molar-refractivity contribution in [2.75, 3.05) is 6.54 Å². The topological polar surface area (TPSA) is 46.2 Å². The summed E-state index contributed by atoms with van der Waals surface area (Å²) in [6.45, 7) is 5.33. The standard InChI is InChI=1S/C15H30BNO2/c1-3-13(2)9-6-4-5-7-12-17-15(19)11-8-10-14(16)18/h13H,3-12,16H2,1-2H3,(H,17,19). The van der Waals surface area contributed by atoms with E-state index in [1.54, 1.807) is 7.85 Å². The number of unbranched alkanes of at least 4 members (excludes halogenated alkanes) is 3. The molecule has 0 aromatic heterocycles. The van der Waals surface area contributed by atoms with Gasteiger partial charge in [0.15, 0.2) is 7.85 Å². The number of hydrogen-bond acceptors (Lipinski definition) is 2. The van der Waals surface area contributed by atoms with Crippen LogP contribution in [-0.2, 0) is 9.59 Å². The van der Waals surface area contributed by atoms with Crippen molar-refractivity contribution in [1.82, 2.24) is 5.32 Å². The van der Waals surface area contributed by atoms with Gasteiger partial charge in [0.05, 0.1) is 5.68 Å². The van der Waals surface area contributed by atoms with Crippen LogP contribution in [0.3, 0.4) is 0 Å². The highest BCUT2D eigenvalue weighted by Gasteiger charge is 2.02. The van der Waals surface area contributed by atoms with Crippen molar-refractivity contribution in [1.29, 1.82) is 0 Å². The van der Waals surface area contributed by atoms with E-state index < -0.39 is 0 Å². The van der Waals surface area contributed by atoms with Gasteiger partial charge in [0.25, 0.3) is 0 Å². The lowest BCUT2D eigenvalue weighted by Crippen LogP contribution is -2.24. The summed E-state index contributed by atoms with van der Waals surface area (Å²) in [5, 5.41) is 2.92. The zero-order valence-corrected chi connectivity index (χ0v) is 13.0. The van der Waals surface area contributed by atoms with Crippen molar-refractivity contribution < 1.29 is 9.59 Å². The summed E-state index contributed by atoms with van der Waals surface area (Å²) in [6, 6.07) is 0. The Morgan fingerprint density at radius 1 is 1.05 bits per heavy atom. The molecule has 0 heterocycles. The number of carbonyl (C=O) groups is 2. The molecular weight excluding hydrogens is 237 g/mol. The molecule has 19 heavy (non-hydrogen) atoms. The van der Waals surface area contributed by atoms with E-state index in [9.17, 15) is 9.59 Å². The second-order valence-electron chi connectivity index (χ2n) is 5.62. The minimum atomic E-state index is 0.0841. The normalized spacial score (nSPS) is 12.1. The van der Waals surface area contributed by atoms with Crippen molar-refractivity contribution in [3.05, 3.63) is 0 Å². The number of rotatable bonds is 12. The predicted octanol–water partition coefficient (Wildman–Crippen LogP) is 2.43. The first-order valence-corrected chi connectivity index (χ1v) is 7.82. The molecule has 0 aliphatic rings. The zero-order valence-electron chi connectivity index (χ0n) is 13.0. The Labute approximate surface area is 119 Å². The van der Waals surface area contributed by atoms with Gasteiger partial charge < -0.3 is 10.1 Å². The van der Waals surface area contributed by atoms with Gasteiger partial charge in [-0.05, 0) is 25.2 Å². The largest absolute Gasteiger partial charge is 0.356 e. The van der Waals surface area contributed by atoms with Crippen LogP contribution < -0.4 is 5.32 Å². The first kappa shape index (κ1) is 18.2. The van der Waals surface area contributed by atoms with Gasteiger partial charge in [-0.15, -0.1) is 0 Å². The monoisotopic (exact) mass is 267 g/mol. The van der Waals surface area contributed by atoms with E-state index in [0.717, 1.165) is 18.9 Å². The smallest absolute Gasteiger partial charge is 0.220 e. The molecule has 0 saturated heterocycles. The number of carbonyl (C=O) groups excluding carboxylic acids is 2. The van der Waals surface area contributed by atoms with Crippen LogP contribution in [0.4, 0.5) is 0 Å². The summed E-state index contributed by atoms with van der Waals surface area (Å²) in [6.07, 6.45) is 9.12. The van der Waals surface area contributed by atoms with E-state index in [-0.39, 0.29) is 11.6 Å². The molecule has 0 radical (unpaired) electrons. The van der Waals surface area contributed by atoms with E-state index >= 15 is 0 Å². The van der Waals surface area contributed by atoms with Gasteiger partial charge in [-0.3, -0.25) is 4.79 Å².